The van der Waals surface area contributed by atoms with Crippen LogP contribution in [-0.4, -0.2) is 24.3 Å². The van der Waals surface area contributed by atoms with Crippen LogP contribution < -0.4 is 0 Å². The van der Waals surface area contributed by atoms with Crippen LogP contribution >= 0.6 is 0 Å². The van der Waals surface area contributed by atoms with E-state index in [0.29, 0.717) is 25.0 Å². The molecule has 0 aliphatic heterocycles. The highest BCUT2D eigenvalue weighted by Gasteiger charge is 2.21. The van der Waals surface area contributed by atoms with Crippen LogP contribution in [0.5, 0.6) is 0 Å². The van der Waals surface area contributed by atoms with Gasteiger partial charge in [0.2, 0.25) is 0 Å². The Hall–Kier alpha value is -1.56. The third-order valence-electron chi connectivity index (χ3n) is 2.03. The van der Waals surface area contributed by atoms with Gasteiger partial charge in [0.25, 0.3) is 0 Å². The standard InChI is InChI=1S/C11H11F3O3/c12-7-3-4-8(13)10(14)9(7)11(16)17-6-2-1-5-15/h3-4,15H,1-2,5-6H2. The van der Waals surface area contributed by atoms with Crippen molar-refractivity contribution in [2.45, 2.75) is 12.8 Å². The molecule has 1 N–H and O–H groups in total. The number of unbranched alkanes of at least 4 members (excludes halogenated alkanes) is 1. The predicted octanol–water partition coefficient (Wildman–Crippen LogP) is 2.03. The molecule has 0 heterocycles. The van der Waals surface area contributed by atoms with Gasteiger partial charge in [0, 0.05) is 6.61 Å². The van der Waals surface area contributed by atoms with Crippen LogP contribution in [0.25, 0.3) is 0 Å². The third-order valence-corrected chi connectivity index (χ3v) is 2.03. The quantitative estimate of drug-likeness (QED) is 0.492. The number of carbonyl (C=O) groups is 1. The van der Waals surface area contributed by atoms with E-state index in [2.05, 4.69) is 4.74 Å². The molecule has 0 aliphatic rings. The molecule has 0 spiro atoms. The smallest absolute Gasteiger partial charge is 0.344 e. The fourth-order valence-electron chi connectivity index (χ4n) is 1.17. The number of ether oxygens (including phenoxy) is 1. The van der Waals surface area contributed by atoms with Gasteiger partial charge in [0.1, 0.15) is 11.4 Å². The fourth-order valence-corrected chi connectivity index (χ4v) is 1.17. The summed E-state index contributed by atoms with van der Waals surface area (Å²) in [6.45, 7) is -0.158. The van der Waals surface area contributed by atoms with Gasteiger partial charge in [-0.3, -0.25) is 0 Å². The maximum absolute atomic E-state index is 13.1. The second-order valence-corrected chi connectivity index (χ2v) is 3.28. The SMILES string of the molecule is O=C(OCCCCO)c1c(F)ccc(F)c1F. The zero-order chi connectivity index (χ0) is 12.8. The van der Waals surface area contributed by atoms with Crippen molar-refractivity contribution in [1.82, 2.24) is 0 Å². The van der Waals surface area contributed by atoms with Crippen molar-refractivity contribution < 1.29 is 27.8 Å². The van der Waals surface area contributed by atoms with E-state index in [9.17, 15) is 18.0 Å². The Morgan fingerprint density at radius 3 is 2.47 bits per heavy atom. The van der Waals surface area contributed by atoms with Crippen molar-refractivity contribution >= 4 is 5.97 Å². The summed E-state index contributed by atoms with van der Waals surface area (Å²) >= 11 is 0. The van der Waals surface area contributed by atoms with Crippen molar-refractivity contribution in [1.29, 1.82) is 0 Å². The average molecular weight is 248 g/mol. The predicted molar refractivity (Wildman–Crippen MR) is 52.9 cm³/mol. The van der Waals surface area contributed by atoms with Crippen molar-refractivity contribution in [2.24, 2.45) is 0 Å². The molecule has 17 heavy (non-hydrogen) atoms. The Kier molecular flexibility index (Phi) is 4.96. The first kappa shape index (κ1) is 13.5. The molecule has 1 rings (SSSR count). The highest BCUT2D eigenvalue weighted by Crippen LogP contribution is 2.16. The Balaban J connectivity index is 2.72. The fraction of sp³-hybridized carbons (Fsp3) is 0.364. The van der Waals surface area contributed by atoms with E-state index in [1.807, 2.05) is 0 Å². The summed E-state index contributed by atoms with van der Waals surface area (Å²) in [5.41, 5.74) is -1.03. The average Bonchev–Trinajstić information content (AvgIpc) is 2.30. The lowest BCUT2D eigenvalue weighted by Gasteiger charge is -2.06. The summed E-state index contributed by atoms with van der Waals surface area (Å²) in [4.78, 5) is 11.3. The van der Waals surface area contributed by atoms with Crippen LogP contribution in [-0.2, 0) is 4.74 Å². The van der Waals surface area contributed by atoms with Crippen LogP contribution in [0.15, 0.2) is 12.1 Å². The van der Waals surface area contributed by atoms with Gasteiger partial charge < -0.3 is 9.84 Å². The van der Waals surface area contributed by atoms with Crippen molar-refractivity contribution in [3.8, 4) is 0 Å². The summed E-state index contributed by atoms with van der Waals surface area (Å²) < 4.78 is 43.6. The summed E-state index contributed by atoms with van der Waals surface area (Å²) in [5, 5.41) is 8.46. The number of rotatable bonds is 5. The summed E-state index contributed by atoms with van der Waals surface area (Å²) in [6, 6.07) is 1.25. The second kappa shape index (κ2) is 6.24. The molecule has 0 radical (unpaired) electrons. The van der Waals surface area contributed by atoms with Gasteiger partial charge >= 0.3 is 5.97 Å². The molecular formula is C11H11F3O3. The maximum atomic E-state index is 13.1. The Labute approximate surface area is 95.8 Å². The largest absolute Gasteiger partial charge is 0.462 e. The maximum Gasteiger partial charge on any atom is 0.344 e. The minimum Gasteiger partial charge on any atom is -0.462 e. The number of hydrogen-bond acceptors (Lipinski definition) is 3. The minimum absolute atomic E-state index is 0.0692. The number of aliphatic hydroxyl groups excluding tert-OH is 1. The third kappa shape index (κ3) is 3.45. The molecule has 0 fully saturated rings. The van der Waals surface area contributed by atoms with Gasteiger partial charge in [-0.2, -0.15) is 0 Å². The number of hydrogen-bond donors (Lipinski definition) is 1. The number of aliphatic hydroxyl groups is 1. The molecule has 0 aliphatic carbocycles. The molecule has 0 aromatic heterocycles. The summed E-state index contributed by atoms with van der Waals surface area (Å²) in [5.74, 6) is -5.29. The van der Waals surface area contributed by atoms with E-state index in [-0.39, 0.29) is 13.2 Å². The number of halogens is 3. The lowest BCUT2D eigenvalue weighted by molar-refractivity contribution is 0.0480. The molecule has 0 amide bonds. The van der Waals surface area contributed by atoms with E-state index in [1.54, 1.807) is 0 Å². The number of benzene rings is 1. The summed E-state index contributed by atoms with van der Waals surface area (Å²) in [7, 11) is 0. The van der Waals surface area contributed by atoms with Gasteiger partial charge in [-0.15, -0.1) is 0 Å². The van der Waals surface area contributed by atoms with E-state index < -0.39 is 29.0 Å². The first-order chi connectivity index (χ1) is 8.07. The van der Waals surface area contributed by atoms with Crippen molar-refractivity contribution in [3.63, 3.8) is 0 Å². The van der Waals surface area contributed by atoms with E-state index in [1.165, 1.54) is 0 Å². The molecule has 94 valence electrons. The lowest BCUT2D eigenvalue weighted by atomic mass is 10.2. The van der Waals surface area contributed by atoms with Gasteiger partial charge in [-0.25, -0.2) is 18.0 Å². The Morgan fingerprint density at radius 1 is 1.18 bits per heavy atom. The van der Waals surface area contributed by atoms with Crippen LogP contribution in [0.4, 0.5) is 13.2 Å². The van der Waals surface area contributed by atoms with Crippen LogP contribution in [0.3, 0.4) is 0 Å². The van der Waals surface area contributed by atoms with E-state index in [0.717, 1.165) is 0 Å². The molecule has 0 bridgehead atoms. The Morgan fingerprint density at radius 2 is 1.82 bits per heavy atom. The van der Waals surface area contributed by atoms with Gasteiger partial charge in [-0.1, -0.05) is 0 Å². The normalized spacial score (nSPS) is 10.4. The first-order valence-corrected chi connectivity index (χ1v) is 4.99. The molecule has 3 nitrogen and oxygen atoms in total. The molecule has 1 aromatic rings. The van der Waals surface area contributed by atoms with Gasteiger partial charge in [-0.05, 0) is 25.0 Å². The van der Waals surface area contributed by atoms with Crippen molar-refractivity contribution in [2.75, 3.05) is 13.2 Å². The lowest BCUT2D eigenvalue weighted by Crippen LogP contribution is -2.12. The van der Waals surface area contributed by atoms with Gasteiger partial charge in [0.05, 0.1) is 6.61 Å². The van der Waals surface area contributed by atoms with Crippen LogP contribution in [0.1, 0.15) is 23.2 Å². The highest BCUT2D eigenvalue weighted by atomic mass is 19.2. The molecular weight excluding hydrogens is 237 g/mol. The second-order valence-electron chi connectivity index (χ2n) is 3.28. The van der Waals surface area contributed by atoms with Gasteiger partial charge in [0.15, 0.2) is 11.6 Å². The molecule has 0 saturated carbocycles. The zero-order valence-electron chi connectivity index (χ0n) is 8.88. The van der Waals surface area contributed by atoms with Crippen LogP contribution in [0.2, 0.25) is 0 Å². The Bertz CT molecular complexity index is 407. The monoisotopic (exact) mass is 248 g/mol. The zero-order valence-corrected chi connectivity index (χ0v) is 8.88. The number of esters is 1. The first-order valence-electron chi connectivity index (χ1n) is 4.99. The highest BCUT2D eigenvalue weighted by molar-refractivity contribution is 5.90. The minimum atomic E-state index is -1.56. The summed E-state index contributed by atoms with van der Waals surface area (Å²) in [6.07, 6.45) is 0.766. The van der Waals surface area contributed by atoms with E-state index in [4.69, 9.17) is 5.11 Å². The van der Waals surface area contributed by atoms with Crippen molar-refractivity contribution in [3.05, 3.63) is 35.1 Å². The molecule has 0 unspecified atom stereocenters. The molecule has 0 saturated heterocycles. The molecule has 1 aromatic carbocycles. The van der Waals surface area contributed by atoms with E-state index >= 15 is 0 Å². The molecule has 6 heteroatoms. The van der Waals surface area contributed by atoms with Crippen LogP contribution in [0, 0.1) is 17.5 Å². The molecule has 0 atom stereocenters. The topological polar surface area (TPSA) is 46.5 Å². The number of carbonyl (C=O) groups excluding carboxylic acids is 1.